The minimum absolute atomic E-state index is 0.0879. The lowest BCUT2D eigenvalue weighted by atomic mass is 9.45. The summed E-state index contributed by atoms with van der Waals surface area (Å²) in [7, 11) is 0. The molecule has 0 aromatic heterocycles. The van der Waals surface area contributed by atoms with Gasteiger partial charge < -0.3 is 4.74 Å². The van der Waals surface area contributed by atoms with E-state index >= 15 is 0 Å². The zero-order valence-electron chi connectivity index (χ0n) is 18.4. The first-order chi connectivity index (χ1) is 13.9. The Morgan fingerprint density at radius 2 is 1.97 bits per heavy atom. The van der Waals surface area contributed by atoms with Crippen LogP contribution in [0.2, 0.25) is 0 Å². The van der Waals surface area contributed by atoms with Gasteiger partial charge in [0.1, 0.15) is 5.60 Å². The molecule has 1 aliphatic heterocycles. The second-order valence-corrected chi connectivity index (χ2v) is 12.2. The predicted molar refractivity (Wildman–Crippen MR) is 113 cm³/mol. The summed E-state index contributed by atoms with van der Waals surface area (Å²) in [6.45, 7) is 7.46. The molecule has 1 spiro atoms. The molecule has 10 atom stereocenters. The van der Waals surface area contributed by atoms with E-state index in [1.54, 1.807) is 5.57 Å². The van der Waals surface area contributed by atoms with E-state index in [1.165, 1.54) is 44.9 Å². The number of carbonyl (C=O) groups is 1. The number of rotatable bonds is 1. The SMILES string of the molecule is CCC=C1C=C2C3CC3[C@@H]3C(CCC4(C)C3C3CC3C43CCC(=O)O3)C2(C)CC1. The average molecular weight is 393 g/mol. The van der Waals surface area contributed by atoms with E-state index in [9.17, 15) is 4.79 Å². The third-order valence-corrected chi connectivity index (χ3v) is 11.4. The summed E-state index contributed by atoms with van der Waals surface area (Å²) in [6, 6.07) is 0. The van der Waals surface area contributed by atoms with Gasteiger partial charge in [0.25, 0.3) is 0 Å². The van der Waals surface area contributed by atoms with Crippen LogP contribution < -0.4 is 0 Å². The van der Waals surface area contributed by atoms with Gasteiger partial charge in [-0.3, -0.25) is 4.79 Å². The zero-order valence-corrected chi connectivity index (χ0v) is 18.4. The normalized spacial score (nSPS) is 60.0. The highest BCUT2D eigenvalue weighted by molar-refractivity contribution is 5.73. The van der Waals surface area contributed by atoms with Gasteiger partial charge in [-0.1, -0.05) is 44.1 Å². The van der Waals surface area contributed by atoms with Gasteiger partial charge in [-0.2, -0.15) is 0 Å². The van der Waals surface area contributed by atoms with E-state index in [2.05, 4.69) is 32.9 Å². The van der Waals surface area contributed by atoms with Gasteiger partial charge >= 0.3 is 5.97 Å². The zero-order chi connectivity index (χ0) is 19.8. The number of allylic oxidation sites excluding steroid dienone is 4. The molecular formula is C27H36O2. The molecular weight excluding hydrogens is 356 g/mol. The van der Waals surface area contributed by atoms with Crippen LogP contribution in [0.25, 0.3) is 0 Å². The summed E-state index contributed by atoms with van der Waals surface area (Å²) in [4.78, 5) is 12.2. The maximum Gasteiger partial charge on any atom is 0.306 e. The maximum absolute atomic E-state index is 12.2. The van der Waals surface area contributed by atoms with Gasteiger partial charge in [-0.25, -0.2) is 0 Å². The molecule has 7 rings (SSSR count). The van der Waals surface area contributed by atoms with Crippen molar-refractivity contribution >= 4 is 5.97 Å². The van der Waals surface area contributed by atoms with Crippen LogP contribution in [0.1, 0.15) is 78.6 Å². The van der Waals surface area contributed by atoms with Crippen LogP contribution in [-0.2, 0) is 9.53 Å². The van der Waals surface area contributed by atoms with Crippen molar-refractivity contribution in [2.75, 3.05) is 0 Å². The second-order valence-electron chi connectivity index (χ2n) is 12.2. The molecule has 6 aliphatic carbocycles. The molecule has 6 fully saturated rings. The fourth-order valence-electron chi connectivity index (χ4n) is 10.2. The Morgan fingerprint density at radius 1 is 1.10 bits per heavy atom. The standard InChI is InChI=1S/C27H36O2/c1-4-5-15-6-9-25(2)19-7-10-26(3)24(23(19)17-13-16(17)20(25)12-15)18-14-21(18)27(26)11-8-22(28)29-27/h5,12,16-19,21,23-24H,4,6-11,13-14H2,1-3H3/t16?,17?,18?,19?,21?,23-,24?,25?,26?,27?/m1/s1. The van der Waals surface area contributed by atoms with Crippen molar-refractivity contribution in [1.82, 2.24) is 0 Å². The summed E-state index contributed by atoms with van der Waals surface area (Å²) < 4.78 is 6.28. The third kappa shape index (κ3) is 1.90. The number of ether oxygens (including phenoxy) is 1. The molecule has 0 amide bonds. The molecule has 1 saturated heterocycles. The predicted octanol–water partition coefficient (Wildman–Crippen LogP) is 6.07. The largest absolute Gasteiger partial charge is 0.458 e. The molecule has 7 aliphatic rings. The topological polar surface area (TPSA) is 26.3 Å². The Bertz CT molecular complexity index is 868. The van der Waals surface area contributed by atoms with Crippen LogP contribution in [0.15, 0.2) is 23.3 Å². The highest BCUT2D eigenvalue weighted by Crippen LogP contribution is 2.82. The molecule has 2 nitrogen and oxygen atoms in total. The van der Waals surface area contributed by atoms with Crippen molar-refractivity contribution in [3.05, 3.63) is 23.3 Å². The summed E-state index contributed by atoms with van der Waals surface area (Å²) in [6.07, 6.45) is 16.1. The van der Waals surface area contributed by atoms with E-state index in [4.69, 9.17) is 4.74 Å². The Labute approximate surface area is 175 Å². The fourth-order valence-corrected chi connectivity index (χ4v) is 10.2. The molecule has 29 heavy (non-hydrogen) atoms. The highest BCUT2D eigenvalue weighted by Gasteiger charge is 2.80. The first kappa shape index (κ1) is 17.6. The van der Waals surface area contributed by atoms with Crippen molar-refractivity contribution in [3.8, 4) is 0 Å². The summed E-state index contributed by atoms with van der Waals surface area (Å²) >= 11 is 0. The van der Waals surface area contributed by atoms with Crippen LogP contribution in [-0.4, -0.2) is 11.6 Å². The van der Waals surface area contributed by atoms with Gasteiger partial charge in [-0.05, 0) is 92.3 Å². The number of carbonyl (C=O) groups excluding carboxylic acids is 1. The van der Waals surface area contributed by atoms with Gasteiger partial charge in [0.2, 0.25) is 0 Å². The van der Waals surface area contributed by atoms with Crippen molar-refractivity contribution in [2.45, 2.75) is 84.2 Å². The Morgan fingerprint density at radius 3 is 2.72 bits per heavy atom. The number of esters is 1. The fraction of sp³-hybridized carbons (Fsp3) is 0.815. The lowest BCUT2D eigenvalue weighted by Crippen LogP contribution is -2.57. The highest BCUT2D eigenvalue weighted by atomic mass is 16.6. The van der Waals surface area contributed by atoms with Crippen LogP contribution >= 0.6 is 0 Å². The van der Waals surface area contributed by atoms with Crippen LogP contribution in [0.5, 0.6) is 0 Å². The Hall–Kier alpha value is -1.05. The van der Waals surface area contributed by atoms with E-state index < -0.39 is 0 Å². The van der Waals surface area contributed by atoms with E-state index in [0.717, 1.165) is 41.9 Å². The molecule has 0 aromatic rings. The van der Waals surface area contributed by atoms with Crippen molar-refractivity contribution in [3.63, 3.8) is 0 Å². The Balaban J connectivity index is 1.30. The summed E-state index contributed by atoms with van der Waals surface area (Å²) in [5.41, 5.74) is 4.05. The lowest BCUT2D eigenvalue weighted by Gasteiger charge is -2.60. The van der Waals surface area contributed by atoms with E-state index in [1.807, 2.05) is 5.57 Å². The van der Waals surface area contributed by atoms with Gasteiger partial charge in [-0.15, -0.1) is 0 Å². The number of fused-ring (bicyclic) bond motifs is 12. The Kier molecular flexibility index (Phi) is 3.17. The van der Waals surface area contributed by atoms with Crippen LogP contribution in [0, 0.1) is 52.3 Å². The van der Waals surface area contributed by atoms with Gasteiger partial charge in [0.15, 0.2) is 0 Å². The summed E-state index contributed by atoms with van der Waals surface area (Å²) in [5, 5.41) is 0. The molecule has 2 heteroatoms. The summed E-state index contributed by atoms with van der Waals surface area (Å²) in [5.74, 6) is 6.01. The first-order valence-electron chi connectivity index (χ1n) is 12.6. The van der Waals surface area contributed by atoms with Crippen molar-refractivity contribution in [1.29, 1.82) is 0 Å². The second kappa shape index (κ2) is 5.22. The number of hydrogen-bond donors (Lipinski definition) is 0. The molecule has 156 valence electrons. The first-order valence-corrected chi connectivity index (χ1v) is 12.6. The average Bonchev–Trinajstić information content (AvgIpc) is 3.59. The minimum Gasteiger partial charge on any atom is -0.458 e. The molecule has 0 aromatic carbocycles. The smallest absolute Gasteiger partial charge is 0.306 e. The van der Waals surface area contributed by atoms with Gasteiger partial charge in [0, 0.05) is 17.8 Å². The third-order valence-electron chi connectivity index (χ3n) is 11.4. The minimum atomic E-state index is -0.0879. The van der Waals surface area contributed by atoms with Gasteiger partial charge in [0.05, 0.1) is 0 Å². The maximum atomic E-state index is 12.2. The molecule has 0 N–H and O–H groups in total. The van der Waals surface area contributed by atoms with E-state index in [0.29, 0.717) is 17.8 Å². The van der Waals surface area contributed by atoms with Crippen LogP contribution in [0.4, 0.5) is 0 Å². The quantitative estimate of drug-likeness (QED) is 0.506. The van der Waals surface area contributed by atoms with E-state index in [-0.39, 0.29) is 17.0 Å². The monoisotopic (exact) mass is 392 g/mol. The van der Waals surface area contributed by atoms with Crippen molar-refractivity contribution in [2.24, 2.45) is 52.3 Å². The molecule has 5 saturated carbocycles. The molecule has 1 heterocycles. The lowest BCUT2D eigenvalue weighted by molar-refractivity contribution is -0.177. The molecule has 0 radical (unpaired) electrons. The number of hydrogen-bond acceptors (Lipinski definition) is 2. The molecule has 0 bridgehead atoms. The van der Waals surface area contributed by atoms with Crippen LogP contribution in [0.3, 0.4) is 0 Å². The molecule has 9 unspecified atom stereocenters. The van der Waals surface area contributed by atoms with Crippen molar-refractivity contribution < 1.29 is 9.53 Å².